The van der Waals surface area contributed by atoms with Crippen LogP contribution in [0.25, 0.3) is 0 Å². The molecule has 21 heavy (non-hydrogen) atoms. The molecule has 0 unspecified atom stereocenters. The lowest BCUT2D eigenvalue weighted by atomic mass is 10.4. The number of nitrogens with zero attached hydrogens (tertiary/aromatic N) is 3. The number of nitrogens with one attached hydrogen (secondary N) is 1. The van der Waals surface area contributed by atoms with E-state index in [0.29, 0.717) is 13.0 Å². The highest BCUT2D eigenvalue weighted by molar-refractivity contribution is 7.89. The van der Waals surface area contributed by atoms with Gasteiger partial charge in [-0.15, -0.1) is 5.10 Å². The second-order valence-corrected chi connectivity index (χ2v) is 5.99. The van der Waals surface area contributed by atoms with E-state index in [9.17, 15) is 13.2 Å². The summed E-state index contributed by atoms with van der Waals surface area (Å²) >= 11 is 0. The standard InChI is InChI=1S/C11H14N4O5S/c1-8-10(7-9(20-8)11(16)17)21(18,19)13-3-2-5-15-6-4-12-14-15/h4,6-7,13H,2-3,5H2,1H3,(H,16,17). The summed E-state index contributed by atoms with van der Waals surface area (Å²) < 4.78 is 33.0. The molecule has 0 saturated carbocycles. The van der Waals surface area contributed by atoms with E-state index in [2.05, 4.69) is 15.0 Å². The number of aromatic carboxylic acids is 1. The maximum atomic E-state index is 12.1. The second kappa shape index (κ2) is 6.06. The molecule has 0 aromatic carbocycles. The van der Waals surface area contributed by atoms with Gasteiger partial charge in [-0.25, -0.2) is 17.9 Å². The molecule has 0 atom stereocenters. The molecule has 2 aromatic heterocycles. The van der Waals surface area contributed by atoms with Gasteiger partial charge >= 0.3 is 5.97 Å². The molecule has 9 nitrogen and oxygen atoms in total. The topological polar surface area (TPSA) is 127 Å². The molecule has 10 heteroatoms. The predicted molar refractivity (Wildman–Crippen MR) is 70.2 cm³/mol. The molecule has 114 valence electrons. The molecule has 0 aliphatic rings. The first-order valence-corrected chi connectivity index (χ1v) is 7.56. The Morgan fingerprint density at radius 2 is 2.29 bits per heavy atom. The Bertz CT molecular complexity index is 720. The highest BCUT2D eigenvalue weighted by Crippen LogP contribution is 2.19. The van der Waals surface area contributed by atoms with Gasteiger partial charge in [0.15, 0.2) is 0 Å². The number of aryl methyl sites for hydroxylation is 2. The quantitative estimate of drug-likeness (QED) is 0.701. The average Bonchev–Trinajstić information content (AvgIpc) is 3.04. The van der Waals surface area contributed by atoms with Crippen molar-refractivity contribution in [2.24, 2.45) is 0 Å². The van der Waals surface area contributed by atoms with Gasteiger partial charge in [-0.3, -0.25) is 4.68 Å². The van der Waals surface area contributed by atoms with Gasteiger partial charge in [0.1, 0.15) is 10.7 Å². The van der Waals surface area contributed by atoms with Crippen molar-refractivity contribution in [3.05, 3.63) is 30.0 Å². The number of carboxylic acid groups (broad SMARTS) is 1. The Morgan fingerprint density at radius 3 is 2.86 bits per heavy atom. The van der Waals surface area contributed by atoms with Crippen LogP contribution in [0, 0.1) is 6.92 Å². The summed E-state index contributed by atoms with van der Waals surface area (Å²) in [6.45, 7) is 2.11. The van der Waals surface area contributed by atoms with Crippen LogP contribution in [-0.4, -0.2) is 41.0 Å². The van der Waals surface area contributed by atoms with E-state index in [4.69, 9.17) is 9.52 Å². The first kappa shape index (κ1) is 15.2. The normalized spacial score (nSPS) is 11.7. The molecule has 0 radical (unpaired) electrons. The highest BCUT2D eigenvalue weighted by atomic mass is 32.2. The molecule has 2 aromatic rings. The summed E-state index contributed by atoms with van der Waals surface area (Å²) in [5.74, 6) is -1.68. The summed E-state index contributed by atoms with van der Waals surface area (Å²) in [6.07, 6.45) is 3.73. The first-order valence-electron chi connectivity index (χ1n) is 6.07. The number of hydrogen-bond donors (Lipinski definition) is 2. The number of hydrogen-bond acceptors (Lipinski definition) is 6. The summed E-state index contributed by atoms with van der Waals surface area (Å²) in [5.41, 5.74) is 0. The molecular formula is C11H14N4O5S. The van der Waals surface area contributed by atoms with Crippen molar-refractivity contribution in [1.82, 2.24) is 19.7 Å². The molecule has 2 rings (SSSR count). The van der Waals surface area contributed by atoms with E-state index in [1.54, 1.807) is 10.9 Å². The Balaban J connectivity index is 1.96. The second-order valence-electron chi connectivity index (χ2n) is 4.25. The van der Waals surface area contributed by atoms with Crippen molar-refractivity contribution in [3.8, 4) is 0 Å². The van der Waals surface area contributed by atoms with Gasteiger partial charge in [0.25, 0.3) is 0 Å². The number of carbonyl (C=O) groups is 1. The molecule has 0 aliphatic heterocycles. The van der Waals surface area contributed by atoms with Gasteiger partial charge in [0.2, 0.25) is 15.8 Å². The minimum atomic E-state index is -3.80. The molecule has 0 amide bonds. The fraction of sp³-hybridized carbons (Fsp3) is 0.364. The lowest BCUT2D eigenvalue weighted by molar-refractivity contribution is 0.0661. The monoisotopic (exact) mass is 314 g/mol. The Morgan fingerprint density at radius 1 is 1.52 bits per heavy atom. The number of rotatable bonds is 7. The number of aromatic nitrogens is 3. The van der Waals surface area contributed by atoms with E-state index in [1.807, 2.05) is 0 Å². The van der Waals surface area contributed by atoms with Crippen LogP contribution in [0.2, 0.25) is 0 Å². The van der Waals surface area contributed by atoms with Gasteiger partial charge in [-0.1, -0.05) is 5.21 Å². The summed E-state index contributed by atoms with van der Waals surface area (Å²) in [6, 6.07) is 0.997. The molecule has 0 bridgehead atoms. The van der Waals surface area contributed by atoms with Crippen molar-refractivity contribution in [2.45, 2.75) is 24.8 Å². The zero-order valence-electron chi connectivity index (χ0n) is 11.2. The molecule has 0 aliphatic carbocycles. The third-order valence-electron chi connectivity index (χ3n) is 2.70. The average molecular weight is 314 g/mol. The third-order valence-corrected chi connectivity index (χ3v) is 4.27. The molecular weight excluding hydrogens is 300 g/mol. The SMILES string of the molecule is Cc1oc(C(=O)O)cc1S(=O)(=O)NCCCn1ccnn1. The zero-order valence-corrected chi connectivity index (χ0v) is 12.0. The highest BCUT2D eigenvalue weighted by Gasteiger charge is 2.23. The number of furan rings is 1. The minimum Gasteiger partial charge on any atom is -0.475 e. The van der Waals surface area contributed by atoms with Crippen LogP contribution in [0.1, 0.15) is 22.7 Å². The van der Waals surface area contributed by atoms with Crippen LogP contribution in [-0.2, 0) is 16.6 Å². The number of carboxylic acids is 1. The van der Waals surface area contributed by atoms with Crippen LogP contribution in [0.15, 0.2) is 27.8 Å². The molecule has 0 fully saturated rings. The summed E-state index contributed by atoms with van der Waals surface area (Å²) in [5, 5.41) is 16.2. The van der Waals surface area contributed by atoms with E-state index < -0.39 is 21.8 Å². The lowest BCUT2D eigenvalue weighted by Crippen LogP contribution is -2.25. The molecule has 0 saturated heterocycles. The summed E-state index contributed by atoms with van der Waals surface area (Å²) in [4.78, 5) is 10.6. The Kier molecular flexibility index (Phi) is 4.38. The van der Waals surface area contributed by atoms with Gasteiger partial charge < -0.3 is 9.52 Å². The Labute approximate surface area is 120 Å². The van der Waals surface area contributed by atoms with Crippen LogP contribution >= 0.6 is 0 Å². The van der Waals surface area contributed by atoms with Crippen LogP contribution in [0.4, 0.5) is 0 Å². The molecule has 2 N–H and O–H groups in total. The van der Waals surface area contributed by atoms with Gasteiger partial charge in [0.05, 0.1) is 6.20 Å². The van der Waals surface area contributed by atoms with Gasteiger partial charge in [-0.05, 0) is 13.3 Å². The number of sulfonamides is 1. The van der Waals surface area contributed by atoms with Crippen molar-refractivity contribution in [3.63, 3.8) is 0 Å². The molecule has 0 spiro atoms. The van der Waals surface area contributed by atoms with Gasteiger partial charge in [-0.2, -0.15) is 0 Å². The third kappa shape index (κ3) is 3.67. The van der Waals surface area contributed by atoms with Crippen molar-refractivity contribution >= 4 is 16.0 Å². The van der Waals surface area contributed by atoms with E-state index in [0.717, 1.165) is 6.07 Å². The zero-order chi connectivity index (χ0) is 15.5. The largest absolute Gasteiger partial charge is 0.475 e. The van der Waals surface area contributed by atoms with Crippen molar-refractivity contribution in [1.29, 1.82) is 0 Å². The van der Waals surface area contributed by atoms with Crippen LogP contribution in [0.5, 0.6) is 0 Å². The minimum absolute atomic E-state index is 0.0381. The van der Waals surface area contributed by atoms with Crippen LogP contribution in [0.3, 0.4) is 0 Å². The maximum Gasteiger partial charge on any atom is 0.371 e. The molecule has 2 heterocycles. The Hall–Kier alpha value is -2.20. The van der Waals surface area contributed by atoms with Gasteiger partial charge in [0, 0.05) is 25.4 Å². The van der Waals surface area contributed by atoms with E-state index >= 15 is 0 Å². The first-order chi connectivity index (χ1) is 9.90. The van der Waals surface area contributed by atoms with E-state index in [1.165, 1.54) is 13.1 Å². The predicted octanol–water partition coefficient (Wildman–Crippen LogP) is 0.246. The maximum absolute atomic E-state index is 12.1. The van der Waals surface area contributed by atoms with Crippen LogP contribution < -0.4 is 4.72 Å². The van der Waals surface area contributed by atoms with Crippen molar-refractivity contribution in [2.75, 3.05) is 6.54 Å². The van der Waals surface area contributed by atoms with Crippen molar-refractivity contribution < 1.29 is 22.7 Å². The fourth-order valence-electron chi connectivity index (χ4n) is 1.71. The fourth-order valence-corrected chi connectivity index (χ4v) is 2.97. The smallest absolute Gasteiger partial charge is 0.371 e. The lowest BCUT2D eigenvalue weighted by Gasteiger charge is -2.05. The summed E-state index contributed by atoms with van der Waals surface area (Å²) in [7, 11) is -3.80. The van der Waals surface area contributed by atoms with E-state index in [-0.39, 0.29) is 17.2 Å².